The van der Waals surface area contributed by atoms with Crippen molar-refractivity contribution in [1.82, 2.24) is 10.3 Å². The molecule has 0 fully saturated rings. The maximum absolute atomic E-state index is 11.0. The van der Waals surface area contributed by atoms with Crippen molar-refractivity contribution < 1.29 is 9.21 Å². The van der Waals surface area contributed by atoms with E-state index in [1.807, 2.05) is 13.8 Å². The molecular weight excluding hydrogens is 168 g/mol. The van der Waals surface area contributed by atoms with Gasteiger partial charge in [-0.05, 0) is 0 Å². The Morgan fingerprint density at radius 2 is 2.31 bits per heavy atom. The first kappa shape index (κ1) is 8.29. The minimum absolute atomic E-state index is 0.0242. The third kappa shape index (κ3) is 1.43. The van der Waals surface area contributed by atoms with Crippen molar-refractivity contribution >= 4 is 5.91 Å². The summed E-state index contributed by atoms with van der Waals surface area (Å²) in [6, 6.07) is 0. The van der Waals surface area contributed by atoms with E-state index < -0.39 is 0 Å². The number of rotatable bonds is 1. The van der Waals surface area contributed by atoms with Gasteiger partial charge in [-0.15, -0.1) is 0 Å². The molecule has 1 aromatic heterocycles. The van der Waals surface area contributed by atoms with Crippen LogP contribution in [-0.2, 0) is 17.8 Å². The third-order valence-corrected chi connectivity index (χ3v) is 2.06. The van der Waals surface area contributed by atoms with Crippen LogP contribution in [0, 0.1) is 0 Å². The molecule has 1 amide bonds. The van der Waals surface area contributed by atoms with Crippen molar-refractivity contribution in [2.24, 2.45) is 0 Å². The second-order valence-electron chi connectivity index (χ2n) is 3.53. The van der Waals surface area contributed by atoms with Gasteiger partial charge in [0.1, 0.15) is 5.76 Å². The van der Waals surface area contributed by atoms with Crippen molar-refractivity contribution in [1.29, 1.82) is 0 Å². The Balaban J connectivity index is 2.33. The Morgan fingerprint density at radius 3 is 3.00 bits per heavy atom. The van der Waals surface area contributed by atoms with E-state index in [-0.39, 0.29) is 11.8 Å². The fraction of sp³-hybridized carbons (Fsp3) is 0.556. The zero-order valence-corrected chi connectivity index (χ0v) is 7.76. The Labute approximate surface area is 76.3 Å². The van der Waals surface area contributed by atoms with Crippen LogP contribution in [-0.4, -0.2) is 10.9 Å². The fourth-order valence-electron chi connectivity index (χ4n) is 1.32. The number of oxazole rings is 1. The number of carbonyl (C=O) groups excluding carboxylic acids is 1. The number of fused-ring (bicyclic) bond motifs is 1. The second kappa shape index (κ2) is 2.87. The van der Waals surface area contributed by atoms with Crippen LogP contribution in [0.3, 0.4) is 0 Å². The van der Waals surface area contributed by atoms with Crippen molar-refractivity contribution in [2.45, 2.75) is 32.7 Å². The molecule has 0 radical (unpaired) electrons. The summed E-state index contributed by atoms with van der Waals surface area (Å²) in [4.78, 5) is 15.3. The number of carbonyl (C=O) groups is 1. The molecule has 2 heterocycles. The van der Waals surface area contributed by atoms with Gasteiger partial charge in [0.15, 0.2) is 5.89 Å². The zero-order chi connectivity index (χ0) is 9.42. The van der Waals surface area contributed by atoms with E-state index in [2.05, 4.69) is 10.3 Å². The van der Waals surface area contributed by atoms with Crippen molar-refractivity contribution in [3.05, 3.63) is 17.3 Å². The molecule has 0 spiro atoms. The average Bonchev–Trinajstić information content (AvgIpc) is 2.46. The average molecular weight is 180 g/mol. The number of nitrogens with one attached hydrogen (secondary N) is 1. The molecule has 70 valence electrons. The van der Waals surface area contributed by atoms with Gasteiger partial charge in [-0.3, -0.25) is 4.79 Å². The highest BCUT2D eigenvalue weighted by atomic mass is 16.4. The Hall–Kier alpha value is -1.32. The van der Waals surface area contributed by atoms with E-state index >= 15 is 0 Å². The maximum atomic E-state index is 11.0. The van der Waals surface area contributed by atoms with Crippen LogP contribution in [0.4, 0.5) is 0 Å². The summed E-state index contributed by atoms with van der Waals surface area (Å²) in [5.74, 6) is 1.83. The normalized spacial score (nSPS) is 15.8. The predicted molar refractivity (Wildman–Crippen MR) is 46.1 cm³/mol. The molecule has 0 atom stereocenters. The molecule has 13 heavy (non-hydrogen) atoms. The summed E-state index contributed by atoms with van der Waals surface area (Å²) in [6.07, 6.45) is 0.353. The molecule has 1 N–H and O–H groups in total. The monoisotopic (exact) mass is 180 g/mol. The molecule has 1 aromatic rings. The van der Waals surface area contributed by atoms with Crippen LogP contribution in [0.25, 0.3) is 0 Å². The first-order valence-corrected chi connectivity index (χ1v) is 4.42. The molecule has 2 rings (SSSR count). The number of aromatic nitrogens is 1. The van der Waals surface area contributed by atoms with Gasteiger partial charge in [0.05, 0.1) is 18.7 Å². The van der Waals surface area contributed by atoms with Gasteiger partial charge in [-0.2, -0.15) is 0 Å². The van der Waals surface area contributed by atoms with Crippen LogP contribution in [0.2, 0.25) is 0 Å². The fourth-order valence-corrected chi connectivity index (χ4v) is 1.32. The van der Waals surface area contributed by atoms with Crippen molar-refractivity contribution in [2.75, 3.05) is 0 Å². The first-order chi connectivity index (χ1) is 6.16. The summed E-state index contributed by atoms with van der Waals surface area (Å²) in [5.41, 5.74) is 0.799. The lowest BCUT2D eigenvalue weighted by Gasteiger charge is -2.08. The molecule has 0 saturated carbocycles. The number of hydrogen-bond acceptors (Lipinski definition) is 3. The van der Waals surface area contributed by atoms with E-state index in [4.69, 9.17) is 4.42 Å². The van der Waals surface area contributed by atoms with Gasteiger partial charge in [0.25, 0.3) is 0 Å². The number of nitrogens with zero attached hydrogens (tertiary/aromatic N) is 1. The van der Waals surface area contributed by atoms with Gasteiger partial charge >= 0.3 is 0 Å². The SMILES string of the molecule is CC(C)c1nc2c(o1)CNC(=O)C2. The summed E-state index contributed by atoms with van der Waals surface area (Å²) < 4.78 is 5.49. The molecule has 0 saturated heterocycles. The molecule has 4 nitrogen and oxygen atoms in total. The summed E-state index contributed by atoms with van der Waals surface area (Å²) >= 11 is 0. The molecular formula is C9H12N2O2. The molecule has 0 aliphatic carbocycles. The van der Waals surface area contributed by atoms with Crippen LogP contribution < -0.4 is 5.32 Å². The lowest BCUT2D eigenvalue weighted by molar-refractivity contribution is -0.121. The first-order valence-electron chi connectivity index (χ1n) is 4.42. The summed E-state index contributed by atoms with van der Waals surface area (Å²) in [5, 5.41) is 2.72. The summed E-state index contributed by atoms with van der Waals surface area (Å²) in [7, 11) is 0. The molecule has 0 aromatic carbocycles. The number of amides is 1. The molecule has 4 heteroatoms. The standard InChI is InChI=1S/C9H12N2O2/c1-5(2)9-11-6-3-8(12)10-4-7(6)13-9/h5H,3-4H2,1-2H3,(H,10,12). The molecule has 0 unspecified atom stereocenters. The lowest BCUT2D eigenvalue weighted by Crippen LogP contribution is -2.29. The van der Waals surface area contributed by atoms with Crippen LogP contribution in [0.15, 0.2) is 4.42 Å². The van der Waals surface area contributed by atoms with E-state index in [9.17, 15) is 4.79 Å². The highest BCUT2D eigenvalue weighted by Gasteiger charge is 2.21. The molecule has 1 aliphatic heterocycles. The largest absolute Gasteiger partial charge is 0.443 e. The van der Waals surface area contributed by atoms with Gasteiger partial charge in [0.2, 0.25) is 5.91 Å². The van der Waals surface area contributed by atoms with Crippen molar-refractivity contribution in [3.8, 4) is 0 Å². The minimum Gasteiger partial charge on any atom is -0.443 e. The van der Waals surface area contributed by atoms with Crippen LogP contribution in [0.5, 0.6) is 0 Å². The maximum Gasteiger partial charge on any atom is 0.226 e. The third-order valence-electron chi connectivity index (χ3n) is 2.06. The smallest absolute Gasteiger partial charge is 0.226 e. The number of hydrogen-bond donors (Lipinski definition) is 1. The molecule has 0 bridgehead atoms. The van der Waals surface area contributed by atoms with Gasteiger partial charge in [-0.25, -0.2) is 4.98 Å². The van der Waals surface area contributed by atoms with E-state index in [0.29, 0.717) is 13.0 Å². The Kier molecular flexibility index (Phi) is 1.83. The highest BCUT2D eigenvalue weighted by molar-refractivity contribution is 5.79. The zero-order valence-electron chi connectivity index (χ0n) is 7.76. The predicted octanol–water partition coefficient (Wildman–Crippen LogP) is 0.970. The quantitative estimate of drug-likeness (QED) is 0.700. The lowest BCUT2D eigenvalue weighted by atomic mass is 10.2. The van der Waals surface area contributed by atoms with Crippen LogP contribution in [0.1, 0.15) is 37.1 Å². The van der Waals surface area contributed by atoms with Crippen molar-refractivity contribution in [3.63, 3.8) is 0 Å². The van der Waals surface area contributed by atoms with Crippen LogP contribution >= 0.6 is 0 Å². The summed E-state index contributed by atoms with van der Waals surface area (Å²) in [6.45, 7) is 4.52. The van der Waals surface area contributed by atoms with Gasteiger partial charge < -0.3 is 9.73 Å². The Morgan fingerprint density at radius 1 is 1.54 bits per heavy atom. The minimum atomic E-state index is 0.0242. The highest BCUT2D eigenvalue weighted by Crippen LogP contribution is 2.20. The van der Waals surface area contributed by atoms with E-state index in [0.717, 1.165) is 17.3 Å². The van der Waals surface area contributed by atoms with E-state index in [1.165, 1.54) is 0 Å². The Bertz CT molecular complexity index is 341. The van der Waals surface area contributed by atoms with Gasteiger partial charge in [-0.1, -0.05) is 13.8 Å². The van der Waals surface area contributed by atoms with Gasteiger partial charge in [0, 0.05) is 5.92 Å². The topological polar surface area (TPSA) is 55.1 Å². The van der Waals surface area contributed by atoms with E-state index in [1.54, 1.807) is 0 Å². The molecule has 1 aliphatic rings. The second-order valence-corrected chi connectivity index (χ2v) is 3.53.